The second-order valence-electron chi connectivity index (χ2n) is 13.2. The van der Waals surface area contributed by atoms with Crippen molar-refractivity contribution in [2.24, 2.45) is 0 Å². The molecule has 1 amide bonds. The number of quaternary nitrogens is 1. The van der Waals surface area contributed by atoms with Crippen LogP contribution in [0.15, 0.2) is 24.3 Å². The number of allylic oxidation sites excluding steroid dienone is 3. The molecule has 0 fully saturated rings. The molecule has 0 bridgehead atoms. The molecule has 0 aromatic carbocycles. The average molecular weight is 646 g/mol. The summed E-state index contributed by atoms with van der Waals surface area (Å²) in [5.41, 5.74) is 0. The molecule has 0 aromatic rings. The molecule has 3 N–H and O–H groups in total. The Labute approximate surface area is 271 Å². The van der Waals surface area contributed by atoms with Gasteiger partial charge in [0, 0.05) is 6.42 Å². The van der Waals surface area contributed by atoms with Crippen LogP contribution in [0.1, 0.15) is 142 Å². The van der Waals surface area contributed by atoms with Gasteiger partial charge in [-0.2, -0.15) is 0 Å². The monoisotopic (exact) mass is 645 g/mol. The van der Waals surface area contributed by atoms with Crippen molar-refractivity contribution in [2.75, 3.05) is 40.9 Å². The van der Waals surface area contributed by atoms with Gasteiger partial charge in [0.2, 0.25) is 5.91 Å². The minimum atomic E-state index is -4.32. The third-order valence-electron chi connectivity index (χ3n) is 7.67. The van der Waals surface area contributed by atoms with Crippen molar-refractivity contribution in [1.29, 1.82) is 0 Å². The molecule has 44 heavy (non-hydrogen) atoms. The molecule has 9 heteroatoms. The van der Waals surface area contributed by atoms with E-state index < -0.39 is 20.0 Å². The molecule has 3 unspecified atom stereocenters. The van der Waals surface area contributed by atoms with Gasteiger partial charge in [-0.15, -0.1) is 0 Å². The molecule has 0 saturated carbocycles. The number of carbonyl (C=O) groups is 1. The number of amides is 1. The minimum Gasteiger partial charge on any atom is -0.387 e. The fourth-order valence-electron chi connectivity index (χ4n) is 4.72. The number of hydrogen-bond acceptors (Lipinski definition) is 5. The van der Waals surface area contributed by atoms with Crippen LogP contribution in [0.3, 0.4) is 0 Å². The molecule has 0 aliphatic rings. The Morgan fingerprint density at radius 1 is 0.750 bits per heavy atom. The molecule has 0 spiro atoms. The summed E-state index contributed by atoms with van der Waals surface area (Å²) in [7, 11) is 1.56. The molecular formula is C35H70N2O6P+. The number of aliphatic hydroxyl groups is 1. The van der Waals surface area contributed by atoms with E-state index in [-0.39, 0.29) is 19.1 Å². The Bertz CT molecular complexity index is 784. The van der Waals surface area contributed by atoms with Gasteiger partial charge in [-0.25, -0.2) is 4.57 Å². The number of likely N-dealkylation sites (N-methyl/N-ethyl adjacent to an activating group) is 1. The lowest BCUT2D eigenvalue weighted by Gasteiger charge is -2.25. The van der Waals surface area contributed by atoms with Gasteiger partial charge in [0.25, 0.3) is 0 Å². The van der Waals surface area contributed by atoms with Crippen LogP contribution in [0, 0.1) is 0 Å². The highest BCUT2D eigenvalue weighted by Gasteiger charge is 2.27. The van der Waals surface area contributed by atoms with E-state index in [9.17, 15) is 19.4 Å². The highest BCUT2D eigenvalue weighted by Crippen LogP contribution is 2.43. The van der Waals surface area contributed by atoms with Crippen LogP contribution in [0.2, 0.25) is 0 Å². The average Bonchev–Trinajstić information content (AvgIpc) is 2.95. The molecule has 0 aliphatic carbocycles. The number of rotatable bonds is 31. The second-order valence-corrected chi connectivity index (χ2v) is 14.7. The highest BCUT2D eigenvalue weighted by atomic mass is 31.2. The third kappa shape index (κ3) is 29.7. The number of carbonyl (C=O) groups excluding carboxylic acids is 1. The lowest BCUT2D eigenvalue weighted by atomic mass is 10.1. The fraction of sp³-hybridized carbons (Fsp3) is 0.857. The summed E-state index contributed by atoms with van der Waals surface area (Å²) >= 11 is 0. The van der Waals surface area contributed by atoms with E-state index in [0.29, 0.717) is 17.4 Å². The molecule has 260 valence electrons. The van der Waals surface area contributed by atoms with E-state index in [1.54, 1.807) is 6.08 Å². The van der Waals surface area contributed by atoms with Gasteiger partial charge in [-0.3, -0.25) is 13.8 Å². The summed E-state index contributed by atoms with van der Waals surface area (Å²) in [5.74, 6) is -0.195. The Hall–Kier alpha value is -1.02. The van der Waals surface area contributed by atoms with E-state index in [2.05, 4.69) is 31.3 Å². The second kappa shape index (κ2) is 28.2. The zero-order valence-electron chi connectivity index (χ0n) is 29.1. The van der Waals surface area contributed by atoms with Crippen LogP contribution >= 0.6 is 7.82 Å². The van der Waals surface area contributed by atoms with Gasteiger partial charge in [-0.1, -0.05) is 122 Å². The number of phosphoric ester groups is 1. The van der Waals surface area contributed by atoms with Crippen LogP contribution < -0.4 is 5.32 Å². The summed E-state index contributed by atoms with van der Waals surface area (Å²) in [6.45, 7) is 4.72. The minimum absolute atomic E-state index is 0.0597. The van der Waals surface area contributed by atoms with Crippen LogP contribution in [-0.2, 0) is 18.4 Å². The first-order valence-electron chi connectivity index (χ1n) is 17.7. The van der Waals surface area contributed by atoms with Crippen LogP contribution in [-0.4, -0.2) is 73.4 Å². The van der Waals surface area contributed by atoms with Crippen LogP contribution in [0.4, 0.5) is 0 Å². The van der Waals surface area contributed by atoms with Crippen molar-refractivity contribution >= 4 is 13.7 Å². The van der Waals surface area contributed by atoms with Crippen molar-refractivity contribution in [3.8, 4) is 0 Å². The molecule has 0 heterocycles. The number of nitrogens with zero attached hydrogens (tertiary/aromatic N) is 1. The summed E-state index contributed by atoms with van der Waals surface area (Å²) < 4.78 is 23.4. The summed E-state index contributed by atoms with van der Waals surface area (Å²) in [4.78, 5) is 22.9. The molecule has 0 saturated heterocycles. The highest BCUT2D eigenvalue weighted by molar-refractivity contribution is 7.47. The van der Waals surface area contributed by atoms with E-state index in [4.69, 9.17) is 9.05 Å². The first-order chi connectivity index (χ1) is 21.0. The Kier molecular flexibility index (Phi) is 27.6. The van der Waals surface area contributed by atoms with Crippen LogP contribution in [0.5, 0.6) is 0 Å². The lowest BCUT2D eigenvalue weighted by molar-refractivity contribution is -0.870. The first kappa shape index (κ1) is 43.0. The maximum atomic E-state index is 12.7. The molecule has 0 radical (unpaired) electrons. The molecular weight excluding hydrogens is 575 g/mol. The molecule has 0 aliphatic heterocycles. The number of aliphatic hydroxyl groups excluding tert-OH is 1. The molecule has 0 aromatic heterocycles. The Balaban J connectivity index is 4.63. The maximum Gasteiger partial charge on any atom is 0.472 e. The number of phosphoric acid groups is 1. The third-order valence-corrected chi connectivity index (χ3v) is 8.65. The smallest absolute Gasteiger partial charge is 0.387 e. The maximum absolute atomic E-state index is 12.7. The van der Waals surface area contributed by atoms with Gasteiger partial charge >= 0.3 is 7.82 Å². The zero-order chi connectivity index (χ0) is 32.9. The predicted molar refractivity (Wildman–Crippen MR) is 185 cm³/mol. The van der Waals surface area contributed by atoms with Gasteiger partial charge in [-0.05, 0) is 38.5 Å². The van der Waals surface area contributed by atoms with Gasteiger partial charge in [0.15, 0.2) is 0 Å². The van der Waals surface area contributed by atoms with Crippen molar-refractivity contribution < 1.29 is 32.9 Å². The molecule has 3 atom stereocenters. The van der Waals surface area contributed by atoms with E-state index >= 15 is 0 Å². The van der Waals surface area contributed by atoms with E-state index in [0.717, 1.165) is 57.8 Å². The predicted octanol–water partition coefficient (Wildman–Crippen LogP) is 8.63. The van der Waals surface area contributed by atoms with Crippen molar-refractivity contribution in [3.05, 3.63) is 24.3 Å². The summed E-state index contributed by atoms with van der Waals surface area (Å²) in [5, 5.41) is 13.7. The van der Waals surface area contributed by atoms with Crippen molar-refractivity contribution in [3.63, 3.8) is 0 Å². The van der Waals surface area contributed by atoms with Crippen LogP contribution in [0.25, 0.3) is 0 Å². The van der Waals surface area contributed by atoms with Gasteiger partial charge in [0.1, 0.15) is 13.2 Å². The Morgan fingerprint density at radius 3 is 1.82 bits per heavy atom. The number of unbranched alkanes of at least 4 members (excludes halogenated alkanes) is 16. The van der Waals surface area contributed by atoms with Crippen molar-refractivity contribution in [2.45, 2.75) is 154 Å². The Morgan fingerprint density at radius 2 is 1.25 bits per heavy atom. The molecule has 8 nitrogen and oxygen atoms in total. The standard InChI is InChI=1S/C35H69N2O6P/c1-6-8-10-12-14-16-18-19-20-22-24-26-28-34(38)33(32-43-44(40,41)42-31-30-37(3,4)5)36-35(39)29-27-25-23-21-17-15-13-11-9-7-2/h13,15,26,28,33-34,38H,6-12,14,16-25,27,29-32H2,1-5H3,(H-,36,39,40,41)/p+1/b15-13-,28-26+. The quantitative estimate of drug-likeness (QED) is 0.0302. The summed E-state index contributed by atoms with van der Waals surface area (Å²) in [6, 6.07) is -0.845. The summed E-state index contributed by atoms with van der Waals surface area (Å²) in [6.07, 6.45) is 29.5. The topological polar surface area (TPSA) is 105 Å². The van der Waals surface area contributed by atoms with E-state index in [1.165, 1.54) is 64.2 Å². The fourth-order valence-corrected chi connectivity index (χ4v) is 5.46. The largest absolute Gasteiger partial charge is 0.472 e. The lowest BCUT2D eigenvalue weighted by Crippen LogP contribution is -2.45. The number of hydrogen-bond donors (Lipinski definition) is 3. The van der Waals surface area contributed by atoms with Gasteiger partial charge < -0.3 is 19.8 Å². The van der Waals surface area contributed by atoms with Crippen molar-refractivity contribution in [1.82, 2.24) is 5.32 Å². The SMILES string of the molecule is CCCC/C=C\CCCCCCC(=O)NC(COP(=O)(O)OCC[N+](C)(C)C)C(O)/C=C/CCCCCCCCCCCC. The first-order valence-corrected chi connectivity index (χ1v) is 19.2. The molecule has 0 rings (SSSR count). The number of nitrogens with one attached hydrogen (secondary N) is 1. The zero-order valence-corrected chi connectivity index (χ0v) is 30.0. The van der Waals surface area contributed by atoms with Gasteiger partial charge in [0.05, 0.1) is 39.9 Å². The van der Waals surface area contributed by atoms with E-state index in [1.807, 2.05) is 27.2 Å². The normalized spacial score (nSPS) is 15.2.